The molecule has 1 aliphatic carbocycles. The lowest BCUT2D eigenvalue weighted by Gasteiger charge is -2.51. The molecule has 2 atom stereocenters. The molecular formula is C32H29N5O5. The normalized spacial score (nSPS) is 19.8. The number of ether oxygens (including phenoxy) is 2. The van der Waals surface area contributed by atoms with Crippen molar-refractivity contribution in [1.82, 2.24) is 15.2 Å². The van der Waals surface area contributed by atoms with E-state index in [2.05, 4.69) is 20.9 Å². The molecule has 10 nitrogen and oxygen atoms in total. The quantitative estimate of drug-likeness (QED) is 0.273. The first-order valence-electron chi connectivity index (χ1n) is 14.0. The lowest BCUT2D eigenvalue weighted by atomic mass is 9.89. The Kier molecular flexibility index (Phi) is 6.47. The molecule has 3 amide bonds. The van der Waals surface area contributed by atoms with Crippen molar-refractivity contribution >= 4 is 40.2 Å². The minimum atomic E-state index is -1.06. The van der Waals surface area contributed by atoms with Gasteiger partial charge in [-0.15, -0.1) is 0 Å². The van der Waals surface area contributed by atoms with Gasteiger partial charge >= 0.3 is 6.09 Å². The van der Waals surface area contributed by atoms with Crippen LogP contribution in [0.2, 0.25) is 0 Å². The fourth-order valence-electron chi connectivity index (χ4n) is 5.63. The second kappa shape index (κ2) is 10.5. The Morgan fingerprint density at radius 3 is 2.17 bits per heavy atom. The lowest BCUT2D eigenvalue weighted by molar-refractivity contribution is -0.131. The summed E-state index contributed by atoms with van der Waals surface area (Å²) in [6.07, 6.45) is 3.33. The van der Waals surface area contributed by atoms with Gasteiger partial charge in [0.2, 0.25) is 11.8 Å². The standard InChI is InChI=1S/C32H29N5O5/c38-29(35-20-4-2-1-3-5-20)32(13-14-32)30(39)36-21-6-8-24(9-7-21)41-28-12-15-34-27-17-25(10-11-26(27)28)42-31(40)37-22-16-23(37)19-33-18-22/h1-12,15,17,22-23,33H,13-14,16,18-19H2,(H,35,38)(H,36,39)/t22-,23+. The van der Waals surface area contributed by atoms with Crippen LogP contribution in [0, 0.1) is 5.41 Å². The molecule has 2 saturated heterocycles. The summed E-state index contributed by atoms with van der Waals surface area (Å²) in [6, 6.07) is 23.5. The van der Waals surface area contributed by atoms with Crippen LogP contribution in [-0.4, -0.2) is 53.0 Å². The van der Waals surface area contributed by atoms with Gasteiger partial charge in [-0.05, 0) is 73.9 Å². The molecule has 3 fully saturated rings. The Bertz CT molecular complexity index is 1660. The minimum Gasteiger partial charge on any atom is -0.457 e. The molecule has 1 aromatic heterocycles. The summed E-state index contributed by atoms with van der Waals surface area (Å²) in [4.78, 5) is 44.8. The second-order valence-corrected chi connectivity index (χ2v) is 10.9. The van der Waals surface area contributed by atoms with Crippen molar-refractivity contribution in [3.63, 3.8) is 0 Å². The number of amides is 3. The smallest absolute Gasteiger partial charge is 0.415 e. The number of piperidine rings is 1. The summed E-state index contributed by atoms with van der Waals surface area (Å²) in [5, 5.41) is 9.78. The Balaban J connectivity index is 0.990. The van der Waals surface area contributed by atoms with Crippen LogP contribution in [0.1, 0.15) is 19.3 Å². The first-order valence-corrected chi connectivity index (χ1v) is 14.0. The fourth-order valence-corrected chi connectivity index (χ4v) is 5.63. The summed E-state index contributed by atoms with van der Waals surface area (Å²) in [6.45, 7) is 1.59. The fraction of sp³-hybridized carbons (Fsp3) is 0.250. The van der Waals surface area contributed by atoms with E-state index in [1.807, 2.05) is 29.2 Å². The number of hydrogen-bond donors (Lipinski definition) is 3. The first kappa shape index (κ1) is 26.0. The topological polar surface area (TPSA) is 122 Å². The van der Waals surface area contributed by atoms with Crippen LogP contribution < -0.4 is 25.4 Å². The second-order valence-electron chi connectivity index (χ2n) is 10.9. The summed E-state index contributed by atoms with van der Waals surface area (Å²) >= 11 is 0. The van der Waals surface area contributed by atoms with Crippen molar-refractivity contribution < 1.29 is 23.9 Å². The molecule has 2 bridgehead atoms. The molecule has 1 saturated carbocycles. The molecule has 3 heterocycles. The van der Waals surface area contributed by atoms with E-state index in [4.69, 9.17) is 9.47 Å². The predicted molar refractivity (Wildman–Crippen MR) is 157 cm³/mol. The van der Waals surface area contributed by atoms with Gasteiger partial charge in [0.25, 0.3) is 0 Å². The van der Waals surface area contributed by atoms with Crippen molar-refractivity contribution in [3.05, 3.63) is 85.1 Å². The molecule has 42 heavy (non-hydrogen) atoms. The number of carbonyl (C=O) groups is 3. The maximum Gasteiger partial charge on any atom is 0.415 e. The number of rotatable bonds is 7. The Labute approximate surface area is 242 Å². The summed E-state index contributed by atoms with van der Waals surface area (Å²) in [5.41, 5.74) is 0.810. The van der Waals surface area contributed by atoms with E-state index in [0.29, 0.717) is 47.0 Å². The van der Waals surface area contributed by atoms with Crippen molar-refractivity contribution in [2.24, 2.45) is 5.41 Å². The molecule has 0 spiro atoms. The van der Waals surface area contributed by atoms with Crippen LogP contribution in [0.3, 0.4) is 0 Å². The van der Waals surface area contributed by atoms with E-state index in [9.17, 15) is 14.4 Å². The number of carbonyl (C=O) groups excluding carboxylic acids is 3. The molecule has 0 radical (unpaired) electrons. The van der Waals surface area contributed by atoms with Gasteiger partial charge in [-0.1, -0.05) is 18.2 Å². The zero-order valence-electron chi connectivity index (χ0n) is 22.7. The summed E-state index contributed by atoms with van der Waals surface area (Å²) in [7, 11) is 0. The van der Waals surface area contributed by atoms with Gasteiger partial charge < -0.3 is 25.4 Å². The molecule has 212 valence electrons. The molecule has 0 unspecified atom stereocenters. The number of pyridine rings is 1. The highest BCUT2D eigenvalue weighted by molar-refractivity contribution is 6.16. The Morgan fingerprint density at radius 1 is 0.833 bits per heavy atom. The van der Waals surface area contributed by atoms with E-state index in [-0.39, 0.29) is 30.0 Å². The van der Waals surface area contributed by atoms with Gasteiger partial charge in [0, 0.05) is 54.2 Å². The maximum atomic E-state index is 13.0. The zero-order chi connectivity index (χ0) is 28.7. The minimum absolute atomic E-state index is 0.198. The van der Waals surface area contributed by atoms with Crippen LogP contribution in [0.5, 0.6) is 17.2 Å². The van der Waals surface area contributed by atoms with E-state index >= 15 is 0 Å². The van der Waals surface area contributed by atoms with Crippen molar-refractivity contribution in [2.75, 3.05) is 23.7 Å². The molecule has 2 aliphatic heterocycles. The average molecular weight is 564 g/mol. The molecule has 7 rings (SSSR count). The third kappa shape index (κ3) is 4.90. The number of fused-ring (bicyclic) bond motifs is 3. The van der Waals surface area contributed by atoms with E-state index < -0.39 is 5.41 Å². The van der Waals surface area contributed by atoms with Gasteiger partial charge in [-0.25, -0.2) is 4.79 Å². The van der Waals surface area contributed by atoms with Gasteiger partial charge in [0.15, 0.2) is 0 Å². The van der Waals surface area contributed by atoms with Crippen molar-refractivity contribution in [3.8, 4) is 17.2 Å². The predicted octanol–water partition coefficient (Wildman–Crippen LogP) is 4.93. The highest BCUT2D eigenvalue weighted by atomic mass is 16.6. The highest BCUT2D eigenvalue weighted by Crippen LogP contribution is 2.47. The highest BCUT2D eigenvalue weighted by Gasteiger charge is 2.56. The maximum absolute atomic E-state index is 13.0. The van der Waals surface area contributed by atoms with Crippen LogP contribution in [-0.2, 0) is 9.59 Å². The third-order valence-corrected chi connectivity index (χ3v) is 8.17. The van der Waals surface area contributed by atoms with E-state index in [0.717, 1.165) is 24.9 Å². The van der Waals surface area contributed by atoms with Crippen LogP contribution in [0.25, 0.3) is 10.9 Å². The van der Waals surface area contributed by atoms with E-state index in [1.165, 1.54) is 0 Å². The number of para-hydroxylation sites is 1. The molecule has 4 aromatic rings. The zero-order valence-corrected chi connectivity index (χ0v) is 22.7. The third-order valence-electron chi connectivity index (χ3n) is 8.17. The number of aromatic nitrogens is 1. The lowest BCUT2D eigenvalue weighted by Crippen LogP contribution is -2.69. The van der Waals surface area contributed by atoms with Gasteiger partial charge in [0.1, 0.15) is 22.7 Å². The van der Waals surface area contributed by atoms with Gasteiger partial charge in [-0.2, -0.15) is 0 Å². The summed E-state index contributed by atoms with van der Waals surface area (Å²) in [5.74, 6) is 0.967. The van der Waals surface area contributed by atoms with E-state index in [1.54, 1.807) is 60.8 Å². The number of piperazine rings is 1. The van der Waals surface area contributed by atoms with Crippen molar-refractivity contribution in [2.45, 2.75) is 31.3 Å². The summed E-state index contributed by atoms with van der Waals surface area (Å²) < 4.78 is 11.8. The number of benzene rings is 3. The van der Waals surface area contributed by atoms with Crippen LogP contribution in [0.4, 0.5) is 16.2 Å². The molecular weight excluding hydrogens is 534 g/mol. The number of hydrogen-bond acceptors (Lipinski definition) is 7. The first-order chi connectivity index (χ1) is 20.5. The van der Waals surface area contributed by atoms with Gasteiger partial charge in [-0.3, -0.25) is 19.5 Å². The molecule has 3 aromatic carbocycles. The molecule has 10 heteroatoms. The number of anilines is 2. The monoisotopic (exact) mass is 563 g/mol. The van der Waals surface area contributed by atoms with Crippen LogP contribution in [0.15, 0.2) is 85.1 Å². The van der Waals surface area contributed by atoms with Gasteiger partial charge in [0.05, 0.1) is 5.52 Å². The number of nitrogens with one attached hydrogen (secondary N) is 3. The van der Waals surface area contributed by atoms with Crippen LogP contribution >= 0.6 is 0 Å². The Hall–Kier alpha value is -4.96. The molecule has 3 aliphatic rings. The SMILES string of the molecule is O=C(Oc1ccc2c(Oc3ccc(NC(=O)C4(C(=O)Nc5ccccc5)CC4)cc3)ccnc2c1)N1[C@@H]2CNC[C@H]1C2. The largest absolute Gasteiger partial charge is 0.457 e. The Morgan fingerprint density at radius 2 is 1.50 bits per heavy atom. The molecule has 3 N–H and O–H groups in total. The number of nitrogens with zero attached hydrogens (tertiary/aromatic N) is 2. The van der Waals surface area contributed by atoms with Crippen molar-refractivity contribution in [1.29, 1.82) is 0 Å². The average Bonchev–Trinajstić information content (AvgIpc) is 3.82.